The Labute approximate surface area is 62.2 Å². The number of hydrogen-bond donors (Lipinski definition) is 1. The molecule has 1 rings (SSSR count). The molecule has 60 valence electrons. The maximum absolute atomic E-state index is 9.51. The molecule has 0 radical (unpaired) electrons. The predicted octanol–water partition coefficient (Wildman–Crippen LogP) is 1.18. The van der Waals surface area contributed by atoms with E-state index in [1.54, 1.807) is 0 Å². The highest BCUT2D eigenvalue weighted by atomic mass is 16.5. The molecular weight excluding hydrogens is 128 g/mol. The van der Waals surface area contributed by atoms with Gasteiger partial charge in [-0.3, -0.25) is 0 Å². The predicted molar refractivity (Wildman–Crippen MR) is 39.8 cm³/mol. The second-order valence-corrected chi connectivity index (χ2v) is 3.07. The van der Waals surface area contributed by atoms with Gasteiger partial charge in [0.15, 0.2) is 0 Å². The van der Waals surface area contributed by atoms with E-state index in [4.69, 9.17) is 4.74 Å². The van der Waals surface area contributed by atoms with E-state index in [2.05, 4.69) is 6.92 Å². The monoisotopic (exact) mass is 144 g/mol. The topological polar surface area (TPSA) is 29.5 Å². The SMILES string of the molecule is CCC1OCCC(C)C1O. The molecule has 1 N–H and O–H groups in total. The smallest absolute Gasteiger partial charge is 0.0833 e. The highest BCUT2D eigenvalue weighted by Crippen LogP contribution is 2.21. The number of ether oxygens (including phenoxy) is 1. The zero-order valence-corrected chi connectivity index (χ0v) is 6.71. The first-order valence-corrected chi connectivity index (χ1v) is 4.05. The van der Waals surface area contributed by atoms with Gasteiger partial charge in [-0.15, -0.1) is 0 Å². The molecule has 0 amide bonds. The summed E-state index contributed by atoms with van der Waals surface area (Å²) in [5.41, 5.74) is 0. The first kappa shape index (κ1) is 8.02. The summed E-state index contributed by atoms with van der Waals surface area (Å²) in [6, 6.07) is 0. The molecule has 1 aliphatic rings. The lowest BCUT2D eigenvalue weighted by Crippen LogP contribution is -2.39. The van der Waals surface area contributed by atoms with E-state index in [0.717, 1.165) is 19.4 Å². The van der Waals surface area contributed by atoms with Gasteiger partial charge in [-0.2, -0.15) is 0 Å². The van der Waals surface area contributed by atoms with Crippen LogP contribution in [0.5, 0.6) is 0 Å². The Kier molecular flexibility index (Phi) is 2.69. The average molecular weight is 144 g/mol. The van der Waals surface area contributed by atoms with Crippen LogP contribution in [0.15, 0.2) is 0 Å². The fourth-order valence-electron chi connectivity index (χ4n) is 1.40. The summed E-state index contributed by atoms with van der Waals surface area (Å²) in [7, 11) is 0. The lowest BCUT2D eigenvalue weighted by molar-refractivity contribution is -0.101. The molecule has 0 bridgehead atoms. The molecule has 3 atom stereocenters. The molecule has 1 aliphatic heterocycles. The maximum Gasteiger partial charge on any atom is 0.0833 e. The Balaban J connectivity index is 2.42. The summed E-state index contributed by atoms with van der Waals surface area (Å²) in [4.78, 5) is 0. The van der Waals surface area contributed by atoms with Crippen LogP contribution in [0.1, 0.15) is 26.7 Å². The van der Waals surface area contributed by atoms with Crippen LogP contribution in [0.2, 0.25) is 0 Å². The van der Waals surface area contributed by atoms with E-state index < -0.39 is 0 Å². The zero-order chi connectivity index (χ0) is 7.56. The van der Waals surface area contributed by atoms with Crippen LogP contribution < -0.4 is 0 Å². The summed E-state index contributed by atoms with van der Waals surface area (Å²) in [6.07, 6.45) is 1.77. The summed E-state index contributed by atoms with van der Waals surface area (Å²) in [6.45, 7) is 4.94. The van der Waals surface area contributed by atoms with Gasteiger partial charge in [0.05, 0.1) is 12.2 Å². The number of aliphatic hydroxyl groups is 1. The molecule has 1 heterocycles. The van der Waals surface area contributed by atoms with Crippen molar-refractivity contribution in [1.29, 1.82) is 0 Å². The molecule has 2 heteroatoms. The van der Waals surface area contributed by atoms with E-state index in [0.29, 0.717) is 5.92 Å². The zero-order valence-electron chi connectivity index (χ0n) is 6.71. The lowest BCUT2D eigenvalue weighted by Gasteiger charge is -2.32. The molecule has 1 saturated heterocycles. The van der Waals surface area contributed by atoms with Crippen molar-refractivity contribution in [2.24, 2.45) is 5.92 Å². The summed E-state index contributed by atoms with van der Waals surface area (Å²) < 4.78 is 5.36. The lowest BCUT2D eigenvalue weighted by atomic mass is 9.93. The van der Waals surface area contributed by atoms with Gasteiger partial charge in [-0.25, -0.2) is 0 Å². The molecule has 10 heavy (non-hydrogen) atoms. The van der Waals surface area contributed by atoms with Crippen molar-refractivity contribution in [3.8, 4) is 0 Å². The van der Waals surface area contributed by atoms with Crippen LogP contribution >= 0.6 is 0 Å². The number of aliphatic hydroxyl groups excluding tert-OH is 1. The molecule has 2 nitrogen and oxygen atoms in total. The minimum absolute atomic E-state index is 0.0868. The second kappa shape index (κ2) is 3.35. The molecule has 0 spiro atoms. The third-order valence-corrected chi connectivity index (χ3v) is 2.27. The fourth-order valence-corrected chi connectivity index (χ4v) is 1.40. The quantitative estimate of drug-likeness (QED) is 0.599. The Morgan fingerprint density at radius 3 is 2.80 bits per heavy atom. The van der Waals surface area contributed by atoms with Crippen molar-refractivity contribution in [1.82, 2.24) is 0 Å². The molecule has 0 aromatic heterocycles. The van der Waals surface area contributed by atoms with Gasteiger partial charge in [0.2, 0.25) is 0 Å². The highest BCUT2D eigenvalue weighted by molar-refractivity contribution is 4.77. The molecule has 0 aromatic rings. The summed E-state index contributed by atoms with van der Waals surface area (Å²) in [5, 5.41) is 9.51. The van der Waals surface area contributed by atoms with Gasteiger partial charge in [-0.1, -0.05) is 13.8 Å². The van der Waals surface area contributed by atoms with E-state index in [1.807, 2.05) is 6.92 Å². The van der Waals surface area contributed by atoms with Gasteiger partial charge in [0.1, 0.15) is 0 Å². The van der Waals surface area contributed by atoms with Crippen LogP contribution in [-0.2, 0) is 4.74 Å². The van der Waals surface area contributed by atoms with E-state index in [-0.39, 0.29) is 12.2 Å². The minimum atomic E-state index is -0.237. The van der Waals surface area contributed by atoms with Crippen LogP contribution in [0.3, 0.4) is 0 Å². The van der Waals surface area contributed by atoms with Crippen LogP contribution in [-0.4, -0.2) is 23.9 Å². The van der Waals surface area contributed by atoms with Gasteiger partial charge < -0.3 is 9.84 Å². The summed E-state index contributed by atoms with van der Waals surface area (Å²) in [5.74, 6) is 0.415. The number of hydrogen-bond acceptors (Lipinski definition) is 2. The van der Waals surface area contributed by atoms with Gasteiger partial charge in [0, 0.05) is 6.61 Å². The molecule has 0 aromatic carbocycles. The molecule has 1 fully saturated rings. The largest absolute Gasteiger partial charge is 0.390 e. The van der Waals surface area contributed by atoms with E-state index in [1.165, 1.54) is 0 Å². The molecule has 3 unspecified atom stereocenters. The Morgan fingerprint density at radius 2 is 2.30 bits per heavy atom. The van der Waals surface area contributed by atoms with Gasteiger partial charge >= 0.3 is 0 Å². The average Bonchev–Trinajstić information content (AvgIpc) is 1.95. The van der Waals surface area contributed by atoms with Crippen molar-refractivity contribution in [3.05, 3.63) is 0 Å². The molecule has 0 saturated carbocycles. The third-order valence-electron chi connectivity index (χ3n) is 2.27. The normalized spacial score (nSPS) is 41.7. The summed E-state index contributed by atoms with van der Waals surface area (Å²) >= 11 is 0. The Morgan fingerprint density at radius 1 is 1.60 bits per heavy atom. The molecule has 0 aliphatic carbocycles. The van der Waals surface area contributed by atoms with Crippen molar-refractivity contribution >= 4 is 0 Å². The van der Waals surface area contributed by atoms with E-state index in [9.17, 15) is 5.11 Å². The van der Waals surface area contributed by atoms with E-state index >= 15 is 0 Å². The van der Waals surface area contributed by atoms with Crippen molar-refractivity contribution in [3.63, 3.8) is 0 Å². The second-order valence-electron chi connectivity index (χ2n) is 3.07. The first-order chi connectivity index (χ1) is 4.75. The van der Waals surface area contributed by atoms with Crippen LogP contribution in [0, 0.1) is 5.92 Å². The third kappa shape index (κ3) is 1.50. The van der Waals surface area contributed by atoms with Crippen LogP contribution in [0.25, 0.3) is 0 Å². The van der Waals surface area contributed by atoms with Gasteiger partial charge in [-0.05, 0) is 18.8 Å². The first-order valence-electron chi connectivity index (χ1n) is 4.05. The standard InChI is InChI=1S/C8H16O2/c1-3-7-8(9)6(2)4-5-10-7/h6-9H,3-5H2,1-2H3. The van der Waals surface area contributed by atoms with Crippen molar-refractivity contribution in [2.45, 2.75) is 38.9 Å². The minimum Gasteiger partial charge on any atom is -0.390 e. The van der Waals surface area contributed by atoms with Crippen LogP contribution in [0.4, 0.5) is 0 Å². The Bertz CT molecular complexity index is 103. The van der Waals surface area contributed by atoms with Crippen molar-refractivity contribution in [2.75, 3.05) is 6.61 Å². The highest BCUT2D eigenvalue weighted by Gasteiger charge is 2.27. The Hall–Kier alpha value is -0.0800. The fraction of sp³-hybridized carbons (Fsp3) is 1.00. The van der Waals surface area contributed by atoms with Crippen molar-refractivity contribution < 1.29 is 9.84 Å². The maximum atomic E-state index is 9.51. The number of rotatable bonds is 1. The van der Waals surface area contributed by atoms with Gasteiger partial charge in [0.25, 0.3) is 0 Å². The molecular formula is C8H16O2.